The van der Waals surface area contributed by atoms with Gasteiger partial charge in [0, 0.05) is 12.0 Å². The highest BCUT2D eigenvalue weighted by Gasteiger charge is 2.28. The van der Waals surface area contributed by atoms with E-state index in [1.54, 1.807) is 20.1 Å². The van der Waals surface area contributed by atoms with Gasteiger partial charge in [-0.2, -0.15) is 0 Å². The highest BCUT2D eigenvalue weighted by Crippen LogP contribution is 2.44. The maximum Gasteiger partial charge on any atom is 0.340 e. The van der Waals surface area contributed by atoms with E-state index in [9.17, 15) is 4.79 Å². The summed E-state index contributed by atoms with van der Waals surface area (Å²) in [5.74, 6) is 0.252. The monoisotopic (exact) mass is 401 g/mol. The molecule has 1 aromatic rings. The fourth-order valence-electron chi connectivity index (χ4n) is 3.98. The van der Waals surface area contributed by atoms with Gasteiger partial charge in [-0.1, -0.05) is 44.4 Å². The number of nitrogens with zero attached hydrogens (tertiary/aromatic N) is 3. The summed E-state index contributed by atoms with van der Waals surface area (Å²) >= 11 is 0. The van der Waals surface area contributed by atoms with Crippen LogP contribution in [0.25, 0.3) is 16.5 Å². The number of rotatable bonds is 10. The van der Waals surface area contributed by atoms with Gasteiger partial charge in [0.25, 0.3) is 0 Å². The first-order valence-electron chi connectivity index (χ1n) is 10.2. The smallest absolute Gasteiger partial charge is 0.340 e. The maximum absolute atomic E-state index is 12.3. The maximum atomic E-state index is 12.3. The van der Waals surface area contributed by atoms with Crippen molar-refractivity contribution in [2.45, 2.75) is 64.9 Å². The van der Waals surface area contributed by atoms with Crippen LogP contribution in [0.5, 0.6) is 0 Å². The van der Waals surface area contributed by atoms with E-state index in [0.29, 0.717) is 11.8 Å². The summed E-state index contributed by atoms with van der Waals surface area (Å²) in [6.07, 6.45) is 4.25. The zero-order valence-corrected chi connectivity index (χ0v) is 18.0. The third kappa shape index (κ3) is 5.60. The van der Waals surface area contributed by atoms with Gasteiger partial charge >= 0.3 is 5.97 Å². The first kappa shape index (κ1) is 22.9. The molecule has 0 aliphatic heterocycles. The second-order valence-electron chi connectivity index (χ2n) is 7.44. The molecular formula is C22H31N3O4. The molecular weight excluding hydrogens is 370 g/mol. The average molecular weight is 402 g/mol. The Morgan fingerprint density at radius 2 is 2.00 bits per heavy atom. The predicted octanol–water partition coefficient (Wildman–Crippen LogP) is 5.97. The summed E-state index contributed by atoms with van der Waals surface area (Å²) < 4.78 is 16.1. The van der Waals surface area contributed by atoms with Gasteiger partial charge in [-0.05, 0) is 65.5 Å². The van der Waals surface area contributed by atoms with Crippen molar-refractivity contribution < 1.29 is 19.0 Å². The Balaban J connectivity index is 2.63. The van der Waals surface area contributed by atoms with Gasteiger partial charge < -0.3 is 14.2 Å². The molecule has 1 aromatic carbocycles. The lowest BCUT2D eigenvalue weighted by molar-refractivity contribution is -0.138. The Hall–Kier alpha value is -2.34. The van der Waals surface area contributed by atoms with Crippen molar-refractivity contribution in [1.29, 1.82) is 0 Å². The summed E-state index contributed by atoms with van der Waals surface area (Å²) in [4.78, 5) is 15.1. The second kappa shape index (κ2) is 11.0. The number of esters is 1. The fraction of sp³-hybridized carbons (Fsp3) is 0.591. The molecule has 2 rings (SSSR count). The lowest BCUT2D eigenvalue weighted by atomic mass is 9.91. The Bertz CT molecular complexity index is 799. The quantitative estimate of drug-likeness (QED) is 0.120. The van der Waals surface area contributed by atoms with Crippen LogP contribution in [-0.2, 0) is 19.0 Å². The molecule has 1 aliphatic carbocycles. The first-order valence-corrected chi connectivity index (χ1v) is 10.2. The Labute approximate surface area is 172 Å². The van der Waals surface area contributed by atoms with Gasteiger partial charge in [-0.3, -0.25) is 0 Å². The van der Waals surface area contributed by atoms with Crippen LogP contribution >= 0.6 is 0 Å². The van der Waals surface area contributed by atoms with Gasteiger partial charge in [0.2, 0.25) is 0 Å². The molecule has 29 heavy (non-hydrogen) atoms. The predicted molar refractivity (Wildman–Crippen MR) is 112 cm³/mol. The Morgan fingerprint density at radius 3 is 2.59 bits per heavy atom. The van der Waals surface area contributed by atoms with Crippen molar-refractivity contribution in [2.24, 2.45) is 5.11 Å². The first-order chi connectivity index (χ1) is 14.0. The van der Waals surface area contributed by atoms with Crippen LogP contribution in [0, 0.1) is 0 Å². The molecule has 0 heterocycles. The molecule has 0 aromatic heterocycles. The number of benzene rings is 1. The summed E-state index contributed by atoms with van der Waals surface area (Å²) in [5.41, 5.74) is 13.2. The molecule has 0 N–H and O–H groups in total. The van der Waals surface area contributed by atoms with Crippen molar-refractivity contribution >= 4 is 12.0 Å². The number of hydrogen-bond acceptors (Lipinski definition) is 5. The molecule has 7 heteroatoms. The Morgan fingerprint density at radius 1 is 1.31 bits per heavy atom. The molecule has 0 fully saturated rings. The van der Waals surface area contributed by atoms with E-state index < -0.39 is 5.97 Å². The van der Waals surface area contributed by atoms with Crippen LogP contribution in [0.2, 0.25) is 0 Å². The minimum atomic E-state index is -0.636. The molecule has 7 nitrogen and oxygen atoms in total. The van der Waals surface area contributed by atoms with E-state index in [2.05, 4.69) is 42.9 Å². The van der Waals surface area contributed by atoms with Crippen LogP contribution in [0.15, 0.2) is 22.9 Å². The molecule has 0 saturated heterocycles. The largest absolute Gasteiger partial charge is 0.462 e. The van der Waals surface area contributed by atoms with Gasteiger partial charge in [0.15, 0.2) is 0 Å². The van der Waals surface area contributed by atoms with Gasteiger partial charge in [-0.15, -0.1) is 0 Å². The van der Waals surface area contributed by atoms with E-state index in [1.807, 2.05) is 0 Å². The highest BCUT2D eigenvalue weighted by atomic mass is 16.7. The van der Waals surface area contributed by atoms with Gasteiger partial charge in [0.1, 0.15) is 12.5 Å². The van der Waals surface area contributed by atoms with Gasteiger partial charge in [0.05, 0.1) is 12.7 Å². The number of hydrogen-bond donors (Lipinski definition) is 0. The van der Waals surface area contributed by atoms with E-state index in [4.69, 9.17) is 19.7 Å². The van der Waals surface area contributed by atoms with Crippen molar-refractivity contribution in [2.75, 3.05) is 20.5 Å². The molecule has 0 bridgehead atoms. The number of methoxy groups -OCH3 is 1. The minimum Gasteiger partial charge on any atom is -0.462 e. The van der Waals surface area contributed by atoms with E-state index in [-0.39, 0.29) is 25.2 Å². The lowest BCUT2D eigenvalue weighted by Gasteiger charge is -2.22. The molecule has 1 unspecified atom stereocenters. The van der Waals surface area contributed by atoms with Crippen LogP contribution in [-0.4, -0.2) is 26.5 Å². The van der Waals surface area contributed by atoms with Crippen molar-refractivity contribution in [1.82, 2.24) is 0 Å². The molecule has 1 aliphatic rings. The summed E-state index contributed by atoms with van der Waals surface area (Å²) in [6.45, 7) is 8.64. The number of carbonyl (C=O) groups is 1. The molecule has 3 atom stereocenters. The normalized spacial score (nSPS) is 19.4. The summed E-state index contributed by atoms with van der Waals surface area (Å²) in [6, 6.07) is 4.29. The van der Waals surface area contributed by atoms with Gasteiger partial charge in [-0.25, -0.2) is 4.79 Å². The van der Waals surface area contributed by atoms with Crippen LogP contribution < -0.4 is 0 Å². The zero-order valence-electron chi connectivity index (χ0n) is 18.0. The second-order valence-corrected chi connectivity index (χ2v) is 7.44. The number of ether oxygens (including phenoxy) is 3. The van der Waals surface area contributed by atoms with Crippen LogP contribution in [0.1, 0.15) is 87.2 Å². The molecule has 0 amide bonds. The molecule has 0 saturated carbocycles. The number of carbonyl (C=O) groups excluding carboxylic acids is 1. The average Bonchev–Trinajstić information content (AvgIpc) is 2.97. The van der Waals surface area contributed by atoms with Crippen molar-refractivity contribution in [3.8, 4) is 0 Å². The number of fused-ring (bicyclic) bond motifs is 1. The van der Waals surface area contributed by atoms with E-state index in [0.717, 1.165) is 30.4 Å². The van der Waals surface area contributed by atoms with Crippen LogP contribution in [0.4, 0.5) is 0 Å². The minimum absolute atomic E-state index is 0.0590. The summed E-state index contributed by atoms with van der Waals surface area (Å²) in [5, 5.41) is 3.58. The van der Waals surface area contributed by atoms with Crippen molar-refractivity contribution in [3.63, 3.8) is 0 Å². The highest BCUT2D eigenvalue weighted by molar-refractivity contribution is 5.93. The van der Waals surface area contributed by atoms with E-state index in [1.165, 1.54) is 11.1 Å². The van der Waals surface area contributed by atoms with Crippen molar-refractivity contribution in [3.05, 3.63) is 50.5 Å². The molecule has 158 valence electrons. The Kier molecular flexibility index (Phi) is 8.70. The SMILES string of the molecule is CCCC(OCOC)c1cc2c(cc1/C=C(\N=[N+]=[N-])C(=O)OCC)[C@@H](C)C[C@@H]2C. The zero-order chi connectivity index (χ0) is 21.4. The van der Waals surface area contributed by atoms with Crippen LogP contribution in [0.3, 0.4) is 0 Å². The number of azide groups is 1. The lowest BCUT2D eigenvalue weighted by Crippen LogP contribution is -2.11. The topological polar surface area (TPSA) is 93.5 Å². The molecule has 0 spiro atoms. The summed E-state index contributed by atoms with van der Waals surface area (Å²) in [7, 11) is 1.59. The third-order valence-corrected chi connectivity index (χ3v) is 5.27. The molecule has 0 radical (unpaired) electrons. The fourth-order valence-corrected chi connectivity index (χ4v) is 3.98. The standard InChI is InChI=1S/C22H31N3O4/c1-6-8-21(29-13-27-5)19-12-18-15(4)9-14(3)17(18)10-16(19)11-20(24-25-23)22(26)28-7-2/h10-12,14-15,21H,6-9,13H2,1-5H3/b20-11-/t14-,15-,21?/m0/s1. The third-order valence-electron chi connectivity index (χ3n) is 5.27. The van der Waals surface area contributed by atoms with E-state index >= 15 is 0 Å².